The van der Waals surface area contributed by atoms with Crippen LogP contribution in [0.5, 0.6) is 0 Å². The molecule has 0 aromatic carbocycles. The molecule has 0 amide bonds. The van der Waals surface area contributed by atoms with Gasteiger partial charge in [0.05, 0.1) is 7.11 Å². The van der Waals surface area contributed by atoms with Crippen LogP contribution in [0.3, 0.4) is 0 Å². The van der Waals surface area contributed by atoms with Crippen LogP contribution < -0.4 is 0 Å². The van der Waals surface area contributed by atoms with Gasteiger partial charge in [-0.1, -0.05) is 23.2 Å². The molecule has 0 saturated heterocycles. The van der Waals surface area contributed by atoms with Gasteiger partial charge in [-0.25, -0.2) is 0 Å². The Morgan fingerprint density at radius 2 is 2.00 bits per heavy atom. The predicted molar refractivity (Wildman–Crippen MR) is 26.8 cm³/mol. The Bertz CT molecular complexity index is 86.9. The molecule has 7 heavy (non-hydrogen) atoms. The first-order valence-corrected chi connectivity index (χ1v) is 2.19. The number of hydrogen-bond donors (Lipinski definition) is 0. The Kier molecular flexibility index (Phi) is 3.13. The van der Waals surface area contributed by atoms with Crippen LogP contribution in [-0.2, 0) is 4.74 Å². The number of ether oxygens (including phenoxy) is 1. The van der Waals surface area contributed by atoms with Gasteiger partial charge in [-0.3, -0.25) is 0 Å². The van der Waals surface area contributed by atoms with Gasteiger partial charge in [0.2, 0.25) is 0 Å². The first-order chi connectivity index (χ1) is 3.18. The minimum atomic E-state index is -0.955. The van der Waals surface area contributed by atoms with Gasteiger partial charge in [-0.05, 0) is 0 Å². The molecule has 0 bridgehead atoms. The molecule has 0 heterocycles. The first-order valence-electron chi connectivity index (χ1n) is 1.43. The van der Waals surface area contributed by atoms with Crippen LogP contribution in [0.4, 0.5) is 4.39 Å². The quantitative estimate of drug-likeness (QED) is 0.514. The molecular weight excluding hydrogens is 142 g/mol. The Morgan fingerprint density at radius 1 is 1.57 bits per heavy atom. The Balaban J connectivity index is 3.72. The van der Waals surface area contributed by atoms with Crippen molar-refractivity contribution in [3.05, 3.63) is 10.5 Å². The third-order valence-corrected chi connectivity index (χ3v) is 0.625. The minimum Gasteiger partial charge on any atom is -0.472 e. The number of rotatable bonds is 1. The SMILES string of the molecule is COC(F)=C(Cl)Cl. The summed E-state index contributed by atoms with van der Waals surface area (Å²) in [5.74, 6) is 0. The van der Waals surface area contributed by atoms with Gasteiger partial charge in [0.15, 0.2) is 4.49 Å². The van der Waals surface area contributed by atoms with E-state index in [2.05, 4.69) is 4.74 Å². The van der Waals surface area contributed by atoms with Crippen LogP contribution in [0.2, 0.25) is 0 Å². The largest absolute Gasteiger partial charge is 0.472 e. The van der Waals surface area contributed by atoms with Gasteiger partial charge in [0, 0.05) is 0 Å². The minimum absolute atomic E-state index is 0.484. The van der Waals surface area contributed by atoms with Crippen molar-refractivity contribution in [2.45, 2.75) is 0 Å². The molecule has 0 unspecified atom stereocenters. The summed E-state index contributed by atoms with van der Waals surface area (Å²) >= 11 is 9.75. The molecule has 0 N–H and O–H groups in total. The van der Waals surface area contributed by atoms with Gasteiger partial charge < -0.3 is 4.74 Å². The van der Waals surface area contributed by atoms with Crippen LogP contribution in [-0.4, -0.2) is 7.11 Å². The normalized spacial score (nSPS) is 8.00. The van der Waals surface area contributed by atoms with Crippen molar-refractivity contribution in [1.29, 1.82) is 0 Å². The van der Waals surface area contributed by atoms with Crippen molar-refractivity contribution in [3.63, 3.8) is 0 Å². The van der Waals surface area contributed by atoms with E-state index < -0.39 is 10.5 Å². The molecule has 42 valence electrons. The maximum atomic E-state index is 11.6. The average molecular weight is 145 g/mol. The Labute approximate surface area is 50.7 Å². The van der Waals surface area contributed by atoms with E-state index in [9.17, 15) is 4.39 Å². The van der Waals surface area contributed by atoms with E-state index in [1.165, 1.54) is 0 Å². The van der Waals surface area contributed by atoms with Crippen molar-refractivity contribution in [1.82, 2.24) is 0 Å². The van der Waals surface area contributed by atoms with Crippen LogP contribution in [0.1, 0.15) is 0 Å². The zero-order chi connectivity index (χ0) is 5.86. The van der Waals surface area contributed by atoms with E-state index >= 15 is 0 Å². The molecule has 0 aliphatic heterocycles. The van der Waals surface area contributed by atoms with Gasteiger partial charge >= 0.3 is 6.01 Å². The lowest BCUT2D eigenvalue weighted by Crippen LogP contribution is -1.74. The fraction of sp³-hybridized carbons (Fsp3) is 0.333. The third kappa shape index (κ3) is 2.71. The highest BCUT2D eigenvalue weighted by Gasteiger charge is 1.95. The second-order valence-corrected chi connectivity index (χ2v) is 1.69. The van der Waals surface area contributed by atoms with Gasteiger partial charge in [0.1, 0.15) is 0 Å². The summed E-state index contributed by atoms with van der Waals surface area (Å²) in [6.45, 7) is 0. The van der Waals surface area contributed by atoms with E-state index in [4.69, 9.17) is 23.2 Å². The van der Waals surface area contributed by atoms with Gasteiger partial charge in [-0.2, -0.15) is 4.39 Å². The molecule has 0 fully saturated rings. The van der Waals surface area contributed by atoms with Crippen molar-refractivity contribution in [3.8, 4) is 0 Å². The van der Waals surface area contributed by atoms with Gasteiger partial charge in [0.25, 0.3) is 0 Å². The molecule has 0 rings (SSSR count). The Morgan fingerprint density at radius 3 is 2.00 bits per heavy atom. The molecule has 0 aromatic heterocycles. The molecule has 0 aliphatic carbocycles. The molecule has 1 nitrogen and oxygen atoms in total. The maximum Gasteiger partial charge on any atom is 0.303 e. The molecular formula is C3H3Cl2FO. The average Bonchev–Trinajstić information content (AvgIpc) is 1.65. The van der Waals surface area contributed by atoms with Crippen molar-refractivity contribution >= 4 is 23.2 Å². The lowest BCUT2D eigenvalue weighted by molar-refractivity contribution is 0.203. The van der Waals surface area contributed by atoms with Crippen LogP contribution in [0, 0.1) is 0 Å². The van der Waals surface area contributed by atoms with E-state index in [1.54, 1.807) is 0 Å². The molecule has 4 heteroatoms. The second-order valence-electron chi connectivity index (χ2n) is 0.738. The zero-order valence-corrected chi connectivity index (χ0v) is 5.05. The van der Waals surface area contributed by atoms with Crippen LogP contribution >= 0.6 is 23.2 Å². The summed E-state index contributed by atoms with van der Waals surface area (Å²) in [6.07, 6.45) is 0. The molecule has 0 aliphatic rings. The highest BCUT2D eigenvalue weighted by molar-refractivity contribution is 6.56. The Hall–Kier alpha value is 0.0500. The van der Waals surface area contributed by atoms with E-state index in [-0.39, 0.29) is 0 Å². The van der Waals surface area contributed by atoms with Crippen LogP contribution in [0.15, 0.2) is 10.5 Å². The fourth-order valence-electron chi connectivity index (χ4n) is 0.0772. The van der Waals surface area contributed by atoms with Crippen molar-refractivity contribution in [2.24, 2.45) is 0 Å². The predicted octanol–water partition coefficient (Wildman–Crippen LogP) is 2.21. The van der Waals surface area contributed by atoms with Gasteiger partial charge in [-0.15, -0.1) is 0 Å². The lowest BCUT2D eigenvalue weighted by Gasteiger charge is -1.89. The topological polar surface area (TPSA) is 9.23 Å². The highest BCUT2D eigenvalue weighted by atomic mass is 35.5. The summed E-state index contributed by atoms with van der Waals surface area (Å²) < 4.78 is 15.1. The monoisotopic (exact) mass is 144 g/mol. The van der Waals surface area contributed by atoms with Crippen molar-refractivity contribution < 1.29 is 9.13 Å². The maximum absolute atomic E-state index is 11.6. The molecule has 0 spiro atoms. The number of halogens is 3. The van der Waals surface area contributed by atoms with E-state index in [0.29, 0.717) is 0 Å². The number of methoxy groups -OCH3 is 1. The zero-order valence-electron chi connectivity index (χ0n) is 3.54. The summed E-state index contributed by atoms with van der Waals surface area (Å²) in [7, 11) is 1.14. The van der Waals surface area contributed by atoms with Crippen LogP contribution in [0.25, 0.3) is 0 Å². The molecule has 0 atom stereocenters. The highest BCUT2D eigenvalue weighted by Crippen LogP contribution is 2.14. The summed E-state index contributed by atoms with van der Waals surface area (Å²) in [6, 6.07) is -0.955. The molecule has 0 aromatic rings. The van der Waals surface area contributed by atoms with Crippen molar-refractivity contribution in [2.75, 3.05) is 7.11 Å². The second kappa shape index (κ2) is 3.10. The first kappa shape index (κ1) is 7.05. The molecule has 0 radical (unpaired) electrons. The fourth-order valence-corrected chi connectivity index (χ4v) is 0.231. The summed E-state index contributed by atoms with van der Waals surface area (Å²) in [4.78, 5) is 0. The summed E-state index contributed by atoms with van der Waals surface area (Å²) in [5, 5.41) is 0. The smallest absolute Gasteiger partial charge is 0.303 e. The van der Waals surface area contributed by atoms with E-state index in [0.717, 1.165) is 7.11 Å². The molecule has 0 saturated carbocycles. The standard InChI is InChI=1S/C3H3Cl2FO/c1-7-3(6)2(4)5/h1H3. The lowest BCUT2D eigenvalue weighted by atomic mass is 11.1. The number of hydrogen-bond acceptors (Lipinski definition) is 1. The van der Waals surface area contributed by atoms with E-state index in [1.807, 2.05) is 0 Å². The third-order valence-electron chi connectivity index (χ3n) is 0.328. The summed E-state index contributed by atoms with van der Waals surface area (Å²) in [5.41, 5.74) is 0.